The van der Waals surface area contributed by atoms with E-state index >= 15 is 0 Å². The molecule has 2 atom stereocenters. The maximum Gasteiger partial charge on any atom is 0.326 e. The number of carbonyl (C=O) groups is 2. The molecular weight excluding hydrogens is 214 g/mol. The van der Waals surface area contributed by atoms with Gasteiger partial charge < -0.3 is 19.8 Å². The molecule has 0 bridgehead atoms. The zero-order chi connectivity index (χ0) is 12.5. The number of amides is 1. The first kappa shape index (κ1) is 12.9. The average molecular weight is 231 g/mol. The van der Waals surface area contributed by atoms with Crippen LogP contribution in [0.25, 0.3) is 0 Å². The number of rotatable bonds is 3. The number of carbonyl (C=O) groups excluding carboxylic acids is 1. The molecule has 0 aromatic rings. The molecule has 1 aliphatic heterocycles. The molecule has 92 valence electrons. The van der Waals surface area contributed by atoms with Gasteiger partial charge in [-0.15, -0.1) is 0 Å². The Kier molecular flexibility index (Phi) is 3.54. The van der Waals surface area contributed by atoms with Gasteiger partial charge in [-0.2, -0.15) is 0 Å². The number of likely N-dealkylation sites (tertiary alicyclic amines) is 1. The number of nitrogens with zero attached hydrogens (tertiary/aromatic N) is 1. The highest BCUT2D eigenvalue weighted by Gasteiger charge is 2.43. The Labute approximate surface area is 93.8 Å². The van der Waals surface area contributed by atoms with E-state index in [1.807, 2.05) is 0 Å². The highest BCUT2D eigenvalue weighted by molar-refractivity contribution is 5.89. The minimum Gasteiger partial charge on any atom is -0.480 e. The van der Waals surface area contributed by atoms with Crippen LogP contribution >= 0.6 is 0 Å². The molecular formula is C10H17NO5. The van der Waals surface area contributed by atoms with Gasteiger partial charge in [-0.05, 0) is 13.8 Å². The Morgan fingerprint density at radius 1 is 1.44 bits per heavy atom. The van der Waals surface area contributed by atoms with Crippen molar-refractivity contribution in [2.45, 2.75) is 38.0 Å². The lowest BCUT2D eigenvalue weighted by atomic mass is 10.1. The van der Waals surface area contributed by atoms with E-state index in [9.17, 15) is 14.7 Å². The minimum absolute atomic E-state index is 0.0442. The number of aliphatic hydroxyl groups is 1. The van der Waals surface area contributed by atoms with Crippen molar-refractivity contribution in [2.24, 2.45) is 0 Å². The van der Waals surface area contributed by atoms with Crippen LogP contribution in [0.3, 0.4) is 0 Å². The molecule has 0 aromatic carbocycles. The summed E-state index contributed by atoms with van der Waals surface area (Å²) >= 11 is 0. The molecule has 0 saturated carbocycles. The average Bonchev–Trinajstić information content (AvgIpc) is 2.59. The Morgan fingerprint density at radius 3 is 2.44 bits per heavy atom. The summed E-state index contributed by atoms with van der Waals surface area (Å²) in [6, 6.07) is -0.961. The number of ether oxygens (including phenoxy) is 1. The van der Waals surface area contributed by atoms with Crippen molar-refractivity contribution < 1.29 is 24.5 Å². The fourth-order valence-electron chi connectivity index (χ4n) is 1.71. The Hall–Kier alpha value is -1.14. The normalized spacial score (nSPS) is 25.9. The molecule has 0 aliphatic carbocycles. The summed E-state index contributed by atoms with van der Waals surface area (Å²) in [5.41, 5.74) is -1.07. The third kappa shape index (κ3) is 2.33. The molecule has 1 saturated heterocycles. The number of aliphatic carboxylic acids is 1. The van der Waals surface area contributed by atoms with Gasteiger partial charge in [-0.1, -0.05) is 0 Å². The van der Waals surface area contributed by atoms with Crippen molar-refractivity contribution in [1.29, 1.82) is 0 Å². The van der Waals surface area contributed by atoms with Crippen molar-refractivity contribution in [3.05, 3.63) is 0 Å². The minimum atomic E-state index is -1.10. The van der Waals surface area contributed by atoms with Gasteiger partial charge in [0.25, 0.3) is 5.91 Å². The van der Waals surface area contributed by atoms with Crippen molar-refractivity contribution in [1.82, 2.24) is 4.90 Å². The van der Waals surface area contributed by atoms with Crippen molar-refractivity contribution in [2.75, 3.05) is 13.7 Å². The van der Waals surface area contributed by atoms with Gasteiger partial charge in [0.15, 0.2) is 0 Å². The van der Waals surface area contributed by atoms with E-state index in [-0.39, 0.29) is 13.0 Å². The lowest BCUT2D eigenvalue weighted by Crippen LogP contribution is -2.50. The van der Waals surface area contributed by atoms with E-state index in [0.29, 0.717) is 0 Å². The van der Waals surface area contributed by atoms with E-state index in [2.05, 4.69) is 0 Å². The van der Waals surface area contributed by atoms with Crippen LogP contribution < -0.4 is 0 Å². The summed E-state index contributed by atoms with van der Waals surface area (Å²) in [7, 11) is 1.39. The van der Waals surface area contributed by atoms with Gasteiger partial charge >= 0.3 is 5.97 Å². The smallest absolute Gasteiger partial charge is 0.326 e. The number of hydrogen-bond acceptors (Lipinski definition) is 4. The van der Waals surface area contributed by atoms with Crippen LogP contribution in [0.5, 0.6) is 0 Å². The molecule has 6 heteroatoms. The van der Waals surface area contributed by atoms with Crippen LogP contribution in [0.4, 0.5) is 0 Å². The first-order valence-electron chi connectivity index (χ1n) is 5.06. The lowest BCUT2D eigenvalue weighted by molar-refractivity contribution is -0.158. The molecule has 1 unspecified atom stereocenters. The molecule has 0 radical (unpaired) electrons. The zero-order valence-corrected chi connectivity index (χ0v) is 9.64. The van der Waals surface area contributed by atoms with E-state index in [1.54, 1.807) is 13.8 Å². The summed E-state index contributed by atoms with van der Waals surface area (Å²) in [6.45, 7) is 3.18. The molecule has 1 rings (SSSR count). The molecule has 6 nitrogen and oxygen atoms in total. The standard InChI is InChI=1S/C10H17NO5/c1-10(2,16-3)9(15)11-5-6(12)4-7(11)8(13)14/h6-7,12H,4-5H2,1-3H3,(H,13,14)/t6?,7-/m0/s1. The molecule has 16 heavy (non-hydrogen) atoms. The summed E-state index contributed by atoms with van der Waals surface area (Å²) < 4.78 is 5.01. The molecule has 0 spiro atoms. The van der Waals surface area contributed by atoms with Crippen molar-refractivity contribution in [3.8, 4) is 0 Å². The van der Waals surface area contributed by atoms with Crippen LogP contribution in [0.15, 0.2) is 0 Å². The highest BCUT2D eigenvalue weighted by atomic mass is 16.5. The largest absolute Gasteiger partial charge is 0.480 e. The molecule has 2 N–H and O–H groups in total. The van der Waals surface area contributed by atoms with Crippen molar-refractivity contribution in [3.63, 3.8) is 0 Å². The van der Waals surface area contributed by atoms with Crippen molar-refractivity contribution >= 4 is 11.9 Å². The lowest BCUT2D eigenvalue weighted by Gasteiger charge is -2.30. The number of carboxylic acids is 1. The Balaban J connectivity index is 2.86. The highest BCUT2D eigenvalue weighted by Crippen LogP contribution is 2.23. The third-order valence-corrected chi connectivity index (χ3v) is 2.85. The van der Waals surface area contributed by atoms with E-state index in [1.165, 1.54) is 7.11 Å². The zero-order valence-electron chi connectivity index (χ0n) is 9.64. The number of methoxy groups -OCH3 is 1. The monoisotopic (exact) mass is 231 g/mol. The number of carboxylic acid groups (broad SMARTS) is 1. The van der Waals surface area contributed by atoms with Gasteiger partial charge in [0.1, 0.15) is 11.6 Å². The first-order chi connectivity index (χ1) is 7.29. The predicted molar refractivity (Wildman–Crippen MR) is 54.8 cm³/mol. The van der Waals surface area contributed by atoms with Gasteiger partial charge in [-0.3, -0.25) is 4.79 Å². The summed E-state index contributed by atoms with van der Waals surface area (Å²) in [5.74, 6) is -1.52. The number of β-amino-alcohol motifs (C(OH)–C–C–N with tert-alkyl or cyclic N) is 1. The summed E-state index contributed by atoms with van der Waals surface area (Å²) in [6.07, 6.45) is -0.710. The molecule has 1 fully saturated rings. The van der Waals surface area contributed by atoms with Gasteiger partial charge in [0.2, 0.25) is 0 Å². The van der Waals surface area contributed by atoms with E-state index in [0.717, 1.165) is 4.90 Å². The second-order valence-corrected chi connectivity index (χ2v) is 4.42. The number of hydrogen-bond donors (Lipinski definition) is 2. The number of aliphatic hydroxyl groups excluding tert-OH is 1. The quantitative estimate of drug-likeness (QED) is 0.681. The third-order valence-electron chi connectivity index (χ3n) is 2.85. The summed E-state index contributed by atoms with van der Waals surface area (Å²) in [5, 5.41) is 18.4. The second-order valence-electron chi connectivity index (χ2n) is 4.42. The summed E-state index contributed by atoms with van der Waals surface area (Å²) in [4.78, 5) is 24.1. The topological polar surface area (TPSA) is 87.1 Å². The van der Waals surface area contributed by atoms with Crippen LogP contribution in [0.1, 0.15) is 20.3 Å². The Bertz CT molecular complexity index is 302. The maximum absolute atomic E-state index is 12.0. The molecule has 1 amide bonds. The first-order valence-corrected chi connectivity index (χ1v) is 5.06. The van der Waals surface area contributed by atoms with Crippen LogP contribution in [0.2, 0.25) is 0 Å². The van der Waals surface area contributed by atoms with Crippen LogP contribution in [-0.2, 0) is 14.3 Å². The second kappa shape index (κ2) is 4.39. The SMILES string of the molecule is COC(C)(C)C(=O)N1CC(O)C[C@H]1C(=O)O. The molecule has 1 heterocycles. The van der Waals surface area contributed by atoms with Gasteiger partial charge in [-0.25, -0.2) is 4.79 Å². The van der Waals surface area contributed by atoms with Gasteiger partial charge in [0.05, 0.1) is 6.10 Å². The fourth-order valence-corrected chi connectivity index (χ4v) is 1.71. The molecule has 1 aliphatic rings. The van der Waals surface area contributed by atoms with Crippen LogP contribution in [-0.4, -0.2) is 58.4 Å². The van der Waals surface area contributed by atoms with Crippen LogP contribution in [0, 0.1) is 0 Å². The van der Waals surface area contributed by atoms with Gasteiger partial charge in [0, 0.05) is 20.1 Å². The maximum atomic E-state index is 12.0. The fraction of sp³-hybridized carbons (Fsp3) is 0.800. The Morgan fingerprint density at radius 2 is 2.00 bits per heavy atom. The van der Waals surface area contributed by atoms with E-state index < -0.39 is 29.6 Å². The molecule has 0 aromatic heterocycles. The predicted octanol–water partition coefficient (Wildman–Crippen LogP) is -0.542. The van der Waals surface area contributed by atoms with E-state index in [4.69, 9.17) is 9.84 Å².